The van der Waals surface area contributed by atoms with Gasteiger partial charge < -0.3 is 9.80 Å². The van der Waals surface area contributed by atoms with E-state index >= 15 is 0 Å². The molecule has 6 rings (SSSR count). The second kappa shape index (κ2) is 9.15. The molecule has 1 saturated carbocycles. The molecule has 0 unspecified atom stereocenters. The molecule has 198 valence electrons. The van der Waals surface area contributed by atoms with Crippen LogP contribution >= 0.6 is 22.7 Å². The summed E-state index contributed by atoms with van der Waals surface area (Å²) in [6, 6.07) is 4.98. The van der Waals surface area contributed by atoms with Gasteiger partial charge in [-0.3, -0.25) is 0 Å². The zero-order valence-corrected chi connectivity index (χ0v) is 22.3. The van der Waals surface area contributed by atoms with Crippen molar-refractivity contribution in [2.24, 2.45) is 0 Å². The van der Waals surface area contributed by atoms with E-state index in [1.165, 1.54) is 29.7 Å². The van der Waals surface area contributed by atoms with E-state index < -0.39 is 27.0 Å². The standard InChI is InChI=1S/C21H20F2N10O2S3/c1-12-26-29-20(36-12)32-6-4-31(5-7-32)16-9-13(38(34,35)30-21(11-24)2-3-21)8-15-14(10-25-33(15)16)18-27-28-19(37-18)17(22)23/h8-10,17,30H,2-7H2,1H3. The van der Waals surface area contributed by atoms with Gasteiger partial charge in [0.2, 0.25) is 15.2 Å². The third-order valence-electron chi connectivity index (χ3n) is 6.43. The van der Waals surface area contributed by atoms with E-state index in [0.29, 0.717) is 55.9 Å². The molecule has 0 atom stereocenters. The fourth-order valence-electron chi connectivity index (χ4n) is 4.24. The van der Waals surface area contributed by atoms with Crippen molar-refractivity contribution in [3.05, 3.63) is 28.3 Å². The first-order chi connectivity index (χ1) is 18.2. The van der Waals surface area contributed by atoms with Gasteiger partial charge in [-0.2, -0.15) is 15.1 Å². The normalized spacial score (nSPS) is 17.3. The topological polar surface area (TPSA) is 145 Å². The summed E-state index contributed by atoms with van der Waals surface area (Å²) in [6.45, 7) is 4.26. The van der Waals surface area contributed by atoms with E-state index in [2.05, 4.69) is 35.1 Å². The lowest BCUT2D eigenvalue weighted by Gasteiger charge is -2.35. The third-order valence-corrected chi connectivity index (χ3v) is 9.80. The lowest BCUT2D eigenvalue weighted by Crippen LogP contribution is -2.47. The number of pyridine rings is 1. The van der Waals surface area contributed by atoms with Crippen LogP contribution in [-0.2, 0) is 10.0 Å². The van der Waals surface area contributed by atoms with E-state index in [4.69, 9.17) is 0 Å². The zero-order chi connectivity index (χ0) is 26.7. The summed E-state index contributed by atoms with van der Waals surface area (Å²) in [7, 11) is -4.08. The van der Waals surface area contributed by atoms with Gasteiger partial charge in [0.1, 0.15) is 16.4 Å². The van der Waals surface area contributed by atoms with Crippen LogP contribution in [0.25, 0.3) is 16.1 Å². The second-order valence-corrected chi connectivity index (χ2v) is 12.9. The van der Waals surface area contributed by atoms with Gasteiger partial charge in [-0.25, -0.2) is 21.7 Å². The Kier molecular flexibility index (Phi) is 6.01. The number of piperazine rings is 1. The number of hydrogen-bond donors (Lipinski definition) is 1. The fourth-order valence-corrected chi connectivity index (χ4v) is 7.11. The molecule has 5 heterocycles. The molecule has 0 bridgehead atoms. The van der Waals surface area contributed by atoms with Gasteiger partial charge in [-0.1, -0.05) is 22.7 Å². The number of rotatable bonds is 7. The molecule has 2 aliphatic rings. The Morgan fingerprint density at radius 1 is 1.08 bits per heavy atom. The Morgan fingerprint density at radius 2 is 1.82 bits per heavy atom. The molecule has 38 heavy (non-hydrogen) atoms. The first-order valence-electron chi connectivity index (χ1n) is 11.6. The minimum absolute atomic E-state index is 0.0518. The van der Waals surface area contributed by atoms with E-state index in [-0.39, 0.29) is 9.90 Å². The molecule has 0 radical (unpaired) electrons. The van der Waals surface area contributed by atoms with E-state index in [1.54, 1.807) is 4.52 Å². The van der Waals surface area contributed by atoms with Crippen LogP contribution in [0.2, 0.25) is 0 Å². The fraction of sp³-hybridized carbons (Fsp3) is 0.429. The molecule has 1 saturated heterocycles. The van der Waals surface area contributed by atoms with Crippen LogP contribution in [-0.4, -0.2) is 70.1 Å². The monoisotopic (exact) mass is 578 g/mol. The molecule has 0 spiro atoms. The predicted octanol–water partition coefficient (Wildman–Crippen LogP) is 2.61. The number of nitrogens with zero attached hydrogens (tertiary/aromatic N) is 9. The number of nitrogens with one attached hydrogen (secondary N) is 1. The smallest absolute Gasteiger partial charge is 0.291 e. The zero-order valence-electron chi connectivity index (χ0n) is 19.9. The van der Waals surface area contributed by atoms with Gasteiger partial charge in [0.25, 0.3) is 6.43 Å². The first-order valence-corrected chi connectivity index (χ1v) is 14.7. The van der Waals surface area contributed by atoms with Gasteiger partial charge in [-0.05, 0) is 25.8 Å². The molecular weight excluding hydrogens is 558 g/mol. The number of anilines is 2. The Bertz CT molecular complexity index is 1660. The average Bonchev–Trinajstić information content (AvgIpc) is 3.27. The SMILES string of the molecule is Cc1nnc(N2CCN(c3cc(S(=O)(=O)NC4(C#N)CC4)cc4c(-c5nnc(C(F)F)s5)cnn34)CC2)s1. The van der Waals surface area contributed by atoms with Crippen molar-refractivity contribution in [3.63, 3.8) is 0 Å². The second-order valence-electron chi connectivity index (χ2n) is 9.03. The van der Waals surface area contributed by atoms with E-state index in [1.807, 2.05) is 17.9 Å². The van der Waals surface area contributed by atoms with Gasteiger partial charge in [-0.15, -0.1) is 20.4 Å². The van der Waals surface area contributed by atoms with Crippen LogP contribution in [0.1, 0.15) is 29.3 Å². The number of halogens is 2. The number of aromatic nitrogens is 6. The molecule has 0 aromatic carbocycles. The number of aryl methyl sites for hydroxylation is 1. The van der Waals surface area contributed by atoms with Crippen molar-refractivity contribution in [2.75, 3.05) is 36.0 Å². The van der Waals surface area contributed by atoms with Gasteiger partial charge in [0, 0.05) is 32.2 Å². The predicted molar refractivity (Wildman–Crippen MR) is 136 cm³/mol. The number of sulfonamides is 1. The summed E-state index contributed by atoms with van der Waals surface area (Å²) < 4.78 is 57.2. The minimum atomic E-state index is -4.08. The summed E-state index contributed by atoms with van der Waals surface area (Å²) >= 11 is 2.23. The van der Waals surface area contributed by atoms with Crippen molar-refractivity contribution < 1.29 is 17.2 Å². The highest BCUT2D eigenvalue weighted by molar-refractivity contribution is 7.89. The number of hydrogen-bond acceptors (Lipinski definition) is 12. The molecule has 2 fully saturated rings. The van der Waals surface area contributed by atoms with Crippen molar-refractivity contribution in [3.8, 4) is 16.6 Å². The van der Waals surface area contributed by atoms with Gasteiger partial charge >= 0.3 is 0 Å². The maximum atomic E-state index is 13.4. The molecule has 1 aliphatic heterocycles. The summed E-state index contributed by atoms with van der Waals surface area (Å²) in [5.41, 5.74) is -0.341. The third kappa shape index (κ3) is 4.46. The van der Waals surface area contributed by atoms with Crippen molar-refractivity contribution in [2.45, 2.75) is 36.6 Å². The lowest BCUT2D eigenvalue weighted by atomic mass is 10.2. The maximum absolute atomic E-state index is 13.4. The summed E-state index contributed by atoms with van der Waals surface area (Å²) in [5.74, 6) is 0.516. The Hall–Kier alpha value is -3.33. The van der Waals surface area contributed by atoms with Crippen LogP contribution in [0.5, 0.6) is 0 Å². The minimum Gasteiger partial charge on any atom is -0.353 e. The average molecular weight is 579 g/mol. The molecule has 17 heteroatoms. The summed E-state index contributed by atoms with van der Waals surface area (Å²) in [6.07, 6.45) is -0.433. The largest absolute Gasteiger partial charge is 0.353 e. The Balaban J connectivity index is 1.40. The molecule has 12 nitrogen and oxygen atoms in total. The molecule has 4 aromatic heterocycles. The van der Waals surface area contributed by atoms with E-state index in [0.717, 1.165) is 21.5 Å². The highest BCUT2D eigenvalue weighted by Gasteiger charge is 2.47. The highest BCUT2D eigenvalue weighted by Crippen LogP contribution is 2.38. The van der Waals surface area contributed by atoms with Crippen LogP contribution in [0.3, 0.4) is 0 Å². The van der Waals surface area contributed by atoms with Crippen LogP contribution in [0, 0.1) is 18.3 Å². The van der Waals surface area contributed by atoms with Crippen LogP contribution in [0.15, 0.2) is 23.2 Å². The van der Waals surface area contributed by atoms with E-state index in [9.17, 15) is 22.5 Å². The quantitative estimate of drug-likeness (QED) is 0.347. The van der Waals surface area contributed by atoms with Gasteiger partial charge in [0.15, 0.2) is 10.0 Å². The van der Waals surface area contributed by atoms with Crippen LogP contribution in [0.4, 0.5) is 19.7 Å². The first kappa shape index (κ1) is 25.0. The Morgan fingerprint density at radius 3 is 2.42 bits per heavy atom. The molecule has 1 aliphatic carbocycles. The van der Waals surface area contributed by atoms with Crippen molar-refractivity contribution in [1.29, 1.82) is 5.26 Å². The molecule has 1 N–H and O–H groups in total. The lowest BCUT2D eigenvalue weighted by molar-refractivity contribution is 0.150. The maximum Gasteiger partial charge on any atom is 0.291 e. The summed E-state index contributed by atoms with van der Waals surface area (Å²) in [5, 5.41) is 31.1. The highest BCUT2D eigenvalue weighted by atomic mass is 32.2. The molecule has 0 amide bonds. The number of alkyl halides is 2. The molecular formula is C21H20F2N10O2S3. The van der Waals surface area contributed by atoms with Gasteiger partial charge in [0.05, 0.1) is 28.2 Å². The van der Waals surface area contributed by atoms with Crippen molar-refractivity contribution >= 4 is 49.2 Å². The van der Waals surface area contributed by atoms with Crippen molar-refractivity contribution in [1.82, 2.24) is 34.7 Å². The van der Waals surface area contributed by atoms with Crippen LogP contribution < -0.4 is 14.5 Å². The number of fused-ring (bicyclic) bond motifs is 1. The number of nitriles is 1. The molecule has 4 aromatic rings. The Labute approximate surface area is 223 Å². The summed E-state index contributed by atoms with van der Waals surface area (Å²) in [4.78, 5) is 4.07.